The molecule has 0 radical (unpaired) electrons. The van der Waals surface area contributed by atoms with Crippen LogP contribution in [0.25, 0.3) is 0 Å². The van der Waals surface area contributed by atoms with Crippen LogP contribution in [0.2, 0.25) is 0 Å². The SMILES string of the molecule is Cc1c(F)c(F)c(C)c(C(N)=O)c1F. The maximum atomic E-state index is 13.2. The van der Waals surface area contributed by atoms with Gasteiger partial charge in [0.25, 0.3) is 5.91 Å². The average molecular weight is 203 g/mol. The van der Waals surface area contributed by atoms with E-state index in [0.29, 0.717) is 0 Å². The first-order valence-corrected chi connectivity index (χ1v) is 3.81. The van der Waals surface area contributed by atoms with Crippen LogP contribution in [0, 0.1) is 31.3 Å². The molecule has 2 N–H and O–H groups in total. The van der Waals surface area contributed by atoms with Gasteiger partial charge in [-0.2, -0.15) is 0 Å². The van der Waals surface area contributed by atoms with Gasteiger partial charge in [0, 0.05) is 11.1 Å². The van der Waals surface area contributed by atoms with Gasteiger partial charge in [-0.05, 0) is 13.8 Å². The Bertz CT molecular complexity index is 386. The quantitative estimate of drug-likeness (QED) is 0.695. The van der Waals surface area contributed by atoms with Crippen molar-refractivity contribution in [1.82, 2.24) is 0 Å². The van der Waals surface area contributed by atoms with Gasteiger partial charge in [-0.15, -0.1) is 0 Å². The van der Waals surface area contributed by atoms with Crippen LogP contribution in [-0.2, 0) is 0 Å². The molecule has 1 aromatic carbocycles. The zero-order chi connectivity index (χ0) is 11.0. The number of carbonyl (C=O) groups is 1. The minimum absolute atomic E-state index is 0.405. The molecule has 76 valence electrons. The Morgan fingerprint density at radius 2 is 1.43 bits per heavy atom. The molecule has 0 aliphatic carbocycles. The van der Waals surface area contributed by atoms with Gasteiger partial charge in [0.2, 0.25) is 0 Å². The van der Waals surface area contributed by atoms with Gasteiger partial charge < -0.3 is 5.73 Å². The summed E-state index contributed by atoms with van der Waals surface area (Å²) in [5, 5.41) is 0. The summed E-state index contributed by atoms with van der Waals surface area (Å²) >= 11 is 0. The van der Waals surface area contributed by atoms with E-state index in [1.807, 2.05) is 0 Å². The monoisotopic (exact) mass is 203 g/mol. The molecule has 0 aromatic heterocycles. The highest BCUT2D eigenvalue weighted by atomic mass is 19.2. The van der Waals surface area contributed by atoms with Crippen molar-refractivity contribution in [3.05, 3.63) is 34.1 Å². The Labute approximate surface area is 78.5 Å². The third-order valence-corrected chi connectivity index (χ3v) is 2.02. The molecule has 0 aliphatic heterocycles. The zero-order valence-corrected chi connectivity index (χ0v) is 7.62. The van der Waals surface area contributed by atoms with Crippen LogP contribution in [-0.4, -0.2) is 5.91 Å². The molecule has 0 saturated heterocycles. The van der Waals surface area contributed by atoms with E-state index >= 15 is 0 Å². The summed E-state index contributed by atoms with van der Waals surface area (Å²) in [5.41, 5.74) is 3.29. The highest BCUT2D eigenvalue weighted by molar-refractivity contribution is 5.94. The van der Waals surface area contributed by atoms with Crippen molar-refractivity contribution in [1.29, 1.82) is 0 Å². The minimum Gasteiger partial charge on any atom is -0.365 e. The molecule has 0 unspecified atom stereocenters. The average Bonchev–Trinajstić information content (AvgIpc) is 2.11. The maximum Gasteiger partial charge on any atom is 0.252 e. The molecule has 1 rings (SSSR count). The summed E-state index contributed by atoms with van der Waals surface area (Å²) in [6, 6.07) is 0. The van der Waals surface area contributed by atoms with Crippen LogP contribution in [0.5, 0.6) is 0 Å². The fourth-order valence-corrected chi connectivity index (χ4v) is 1.18. The highest BCUT2D eigenvalue weighted by Crippen LogP contribution is 2.23. The van der Waals surface area contributed by atoms with E-state index in [1.165, 1.54) is 0 Å². The second-order valence-corrected chi connectivity index (χ2v) is 2.93. The first kappa shape index (κ1) is 10.6. The topological polar surface area (TPSA) is 43.1 Å². The molecule has 0 saturated carbocycles. The van der Waals surface area contributed by atoms with Gasteiger partial charge in [0.1, 0.15) is 5.82 Å². The van der Waals surface area contributed by atoms with Crippen LogP contribution in [0.15, 0.2) is 0 Å². The Hall–Kier alpha value is -1.52. The zero-order valence-electron chi connectivity index (χ0n) is 7.62. The lowest BCUT2D eigenvalue weighted by molar-refractivity contribution is 0.0995. The van der Waals surface area contributed by atoms with Gasteiger partial charge in [0.15, 0.2) is 11.6 Å². The van der Waals surface area contributed by atoms with Gasteiger partial charge >= 0.3 is 0 Å². The summed E-state index contributed by atoms with van der Waals surface area (Å²) < 4.78 is 39.2. The maximum absolute atomic E-state index is 13.2. The van der Waals surface area contributed by atoms with Crippen molar-refractivity contribution in [3.8, 4) is 0 Å². The fraction of sp³-hybridized carbons (Fsp3) is 0.222. The van der Waals surface area contributed by atoms with Crippen molar-refractivity contribution < 1.29 is 18.0 Å². The van der Waals surface area contributed by atoms with Crippen molar-refractivity contribution >= 4 is 5.91 Å². The van der Waals surface area contributed by atoms with E-state index in [2.05, 4.69) is 0 Å². The second kappa shape index (κ2) is 3.32. The summed E-state index contributed by atoms with van der Waals surface area (Å²) in [6.07, 6.45) is 0. The molecule has 0 aliphatic rings. The molecule has 2 nitrogen and oxygen atoms in total. The molecular weight excluding hydrogens is 195 g/mol. The van der Waals surface area contributed by atoms with E-state index in [-0.39, 0.29) is 0 Å². The van der Waals surface area contributed by atoms with Gasteiger partial charge in [-0.25, -0.2) is 13.2 Å². The molecule has 0 bridgehead atoms. The van der Waals surface area contributed by atoms with E-state index < -0.39 is 40.0 Å². The molecule has 1 amide bonds. The van der Waals surface area contributed by atoms with Gasteiger partial charge in [0.05, 0.1) is 5.56 Å². The molecular formula is C9H8F3NO. The van der Waals surface area contributed by atoms with Crippen LogP contribution >= 0.6 is 0 Å². The summed E-state index contributed by atoms with van der Waals surface area (Å²) in [5.74, 6) is -4.74. The number of carbonyl (C=O) groups excluding carboxylic acids is 1. The highest BCUT2D eigenvalue weighted by Gasteiger charge is 2.22. The van der Waals surface area contributed by atoms with Crippen LogP contribution in [0.3, 0.4) is 0 Å². The van der Waals surface area contributed by atoms with Crippen LogP contribution in [0.1, 0.15) is 21.5 Å². The molecule has 0 fully saturated rings. The van der Waals surface area contributed by atoms with E-state index in [9.17, 15) is 18.0 Å². The third kappa shape index (κ3) is 1.34. The normalized spacial score (nSPS) is 10.4. The number of amides is 1. The lowest BCUT2D eigenvalue weighted by atomic mass is 10.0. The van der Waals surface area contributed by atoms with Crippen molar-refractivity contribution in [2.45, 2.75) is 13.8 Å². The molecule has 14 heavy (non-hydrogen) atoms. The van der Waals surface area contributed by atoms with Crippen molar-refractivity contribution in [2.75, 3.05) is 0 Å². The predicted octanol–water partition coefficient (Wildman–Crippen LogP) is 1.82. The summed E-state index contributed by atoms with van der Waals surface area (Å²) in [4.78, 5) is 10.8. The van der Waals surface area contributed by atoms with Crippen molar-refractivity contribution in [3.63, 3.8) is 0 Å². The predicted molar refractivity (Wildman–Crippen MR) is 44.3 cm³/mol. The fourth-order valence-electron chi connectivity index (χ4n) is 1.18. The molecule has 0 spiro atoms. The third-order valence-electron chi connectivity index (χ3n) is 2.02. The molecule has 0 heterocycles. The van der Waals surface area contributed by atoms with Gasteiger partial charge in [-0.1, -0.05) is 0 Å². The number of rotatable bonds is 1. The Morgan fingerprint density at radius 1 is 1.00 bits per heavy atom. The largest absolute Gasteiger partial charge is 0.365 e. The molecule has 0 atom stereocenters. The minimum atomic E-state index is -1.29. The smallest absolute Gasteiger partial charge is 0.252 e. The number of primary amides is 1. The first-order valence-electron chi connectivity index (χ1n) is 3.81. The Kier molecular flexibility index (Phi) is 2.51. The standard InChI is InChI=1S/C9H8F3NO/c1-3-5(9(13)14)6(10)4(2)8(12)7(3)11/h1-2H3,(H2,13,14). The van der Waals surface area contributed by atoms with Crippen molar-refractivity contribution in [2.24, 2.45) is 5.73 Å². The van der Waals surface area contributed by atoms with Crippen LogP contribution in [0.4, 0.5) is 13.2 Å². The lowest BCUT2D eigenvalue weighted by Crippen LogP contribution is -2.18. The summed E-state index contributed by atoms with van der Waals surface area (Å²) in [6.45, 7) is 2.14. The molecule has 1 aromatic rings. The number of benzene rings is 1. The van der Waals surface area contributed by atoms with E-state index in [4.69, 9.17) is 5.73 Å². The molecule has 5 heteroatoms. The first-order chi connectivity index (χ1) is 6.37. The Balaban J connectivity index is 3.68. The van der Waals surface area contributed by atoms with Gasteiger partial charge in [-0.3, -0.25) is 4.79 Å². The van der Waals surface area contributed by atoms with E-state index in [1.54, 1.807) is 0 Å². The Morgan fingerprint density at radius 3 is 1.86 bits per heavy atom. The van der Waals surface area contributed by atoms with Crippen LogP contribution < -0.4 is 5.73 Å². The van der Waals surface area contributed by atoms with E-state index in [0.717, 1.165) is 13.8 Å². The number of halogens is 3. The number of hydrogen-bond donors (Lipinski definition) is 1. The number of nitrogens with two attached hydrogens (primary N) is 1. The number of hydrogen-bond acceptors (Lipinski definition) is 1. The second-order valence-electron chi connectivity index (χ2n) is 2.93. The summed E-state index contributed by atoms with van der Waals surface area (Å²) in [7, 11) is 0. The lowest BCUT2D eigenvalue weighted by Gasteiger charge is -2.08.